The van der Waals surface area contributed by atoms with Crippen molar-refractivity contribution in [2.24, 2.45) is 0 Å². The van der Waals surface area contributed by atoms with E-state index < -0.39 is 27.4 Å². The molecule has 0 saturated carbocycles. The highest BCUT2D eigenvalue weighted by atomic mass is 32.2. The van der Waals surface area contributed by atoms with Crippen LogP contribution in [0.15, 0.2) is 23.1 Å². The summed E-state index contributed by atoms with van der Waals surface area (Å²) in [6, 6.07) is 3.09. The van der Waals surface area contributed by atoms with Crippen molar-refractivity contribution in [2.45, 2.75) is 36.9 Å². The standard InChI is InChI=1S/C13H16F3NO3S/c1-3-12(18)7-17(8-12)21(19,20)11-6-4-5-10(9(11)2)13(14,15)16/h4-6,18H,3,7-8H2,1-2H3. The number of hydrogen-bond donors (Lipinski definition) is 1. The molecule has 0 bridgehead atoms. The third kappa shape index (κ3) is 2.79. The largest absolute Gasteiger partial charge is 0.416 e. The summed E-state index contributed by atoms with van der Waals surface area (Å²) in [6.07, 6.45) is -4.21. The van der Waals surface area contributed by atoms with Gasteiger partial charge in [-0.05, 0) is 31.0 Å². The van der Waals surface area contributed by atoms with E-state index in [1.165, 1.54) is 0 Å². The highest BCUT2D eigenvalue weighted by molar-refractivity contribution is 7.89. The van der Waals surface area contributed by atoms with Crippen molar-refractivity contribution in [1.29, 1.82) is 0 Å². The van der Waals surface area contributed by atoms with E-state index in [1.54, 1.807) is 6.92 Å². The summed E-state index contributed by atoms with van der Waals surface area (Å²) < 4.78 is 64.3. The zero-order chi connectivity index (χ0) is 16.1. The molecule has 4 nitrogen and oxygen atoms in total. The molecule has 0 radical (unpaired) electrons. The van der Waals surface area contributed by atoms with E-state index in [4.69, 9.17) is 0 Å². The van der Waals surface area contributed by atoms with E-state index in [2.05, 4.69) is 0 Å². The first-order chi connectivity index (χ1) is 9.51. The molecule has 1 aliphatic heterocycles. The van der Waals surface area contributed by atoms with Crippen molar-refractivity contribution in [3.8, 4) is 0 Å². The Kier molecular flexibility index (Phi) is 3.84. The zero-order valence-electron chi connectivity index (χ0n) is 11.6. The van der Waals surface area contributed by atoms with Crippen molar-refractivity contribution in [2.75, 3.05) is 13.1 Å². The molecule has 8 heteroatoms. The normalized spacial score (nSPS) is 19.3. The van der Waals surface area contributed by atoms with E-state index in [0.29, 0.717) is 6.42 Å². The number of rotatable bonds is 3. The molecule has 0 spiro atoms. The molecule has 1 saturated heterocycles. The second-order valence-corrected chi connectivity index (χ2v) is 7.18. The van der Waals surface area contributed by atoms with Crippen LogP contribution in [0.2, 0.25) is 0 Å². The van der Waals surface area contributed by atoms with Crippen LogP contribution in [-0.2, 0) is 16.2 Å². The Balaban J connectivity index is 2.39. The van der Waals surface area contributed by atoms with Crippen LogP contribution >= 0.6 is 0 Å². The van der Waals surface area contributed by atoms with Gasteiger partial charge in [0.2, 0.25) is 10.0 Å². The van der Waals surface area contributed by atoms with Gasteiger partial charge in [0.05, 0.1) is 16.1 Å². The van der Waals surface area contributed by atoms with Crippen molar-refractivity contribution < 1.29 is 26.7 Å². The summed E-state index contributed by atoms with van der Waals surface area (Å²) in [5, 5.41) is 9.87. The van der Waals surface area contributed by atoms with Crippen LogP contribution in [0.25, 0.3) is 0 Å². The van der Waals surface area contributed by atoms with E-state index >= 15 is 0 Å². The Bertz CT molecular complexity index is 649. The minimum Gasteiger partial charge on any atom is -0.387 e. The molecule has 0 atom stereocenters. The molecule has 118 valence electrons. The van der Waals surface area contributed by atoms with Crippen LogP contribution in [0.5, 0.6) is 0 Å². The summed E-state index contributed by atoms with van der Waals surface area (Å²) >= 11 is 0. The SMILES string of the molecule is CCC1(O)CN(S(=O)(=O)c2cccc(C(F)(F)F)c2C)C1. The molecule has 1 heterocycles. The molecule has 0 amide bonds. The van der Waals surface area contributed by atoms with Crippen molar-refractivity contribution in [3.63, 3.8) is 0 Å². The van der Waals surface area contributed by atoms with Crippen LogP contribution in [0, 0.1) is 6.92 Å². The number of sulfonamides is 1. The summed E-state index contributed by atoms with van der Waals surface area (Å²) in [5.41, 5.74) is -2.37. The molecule has 1 aromatic rings. The number of nitrogens with zero attached hydrogens (tertiary/aromatic N) is 1. The van der Waals surface area contributed by atoms with Gasteiger partial charge in [0.1, 0.15) is 0 Å². The highest BCUT2D eigenvalue weighted by Gasteiger charge is 2.47. The molecule has 1 fully saturated rings. The number of alkyl halides is 3. The van der Waals surface area contributed by atoms with Crippen LogP contribution < -0.4 is 0 Å². The van der Waals surface area contributed by atoms with Gasteiger partial charge in [-0.3, -0.25) is 0 Å². The predicted octanol–water partition coefficient (Wildman–Crippen LogP) is 2.16. The van der Waals surface area contributed by atoms with Gasteiger partial charge in [-0.2, -0.15) is 17.5 Å². The van der Waals surface area contributed by atoms with Gasteiger partial charge >= 0.3 is 6.18 Å². The van der Waals surface area contributed by atoms with E-state index in [9.17, 15) is 26.7 Å². The number of halogens is 3. The van der Waals surface area contributed by atoms with Crippen LogP contribution in [-0.4, -0.2) is 36.5 Å². The van der Waals surface area contributed by atoms with E-state index in [1.807, 2.05) is 0 Å². The molecule has 21 heavy (non-hydrogen) atoms. The molecule has 0 aromatic heterocycles. The highest BCUT2D eigenvalue weighted by Crippen LogP contribution is 2.37. The van der Waals surface area contributed by atoms with Gasteiger partial charge < -0.3 is 5.11 Å². The van der Waals surface area contributed by atoms with Gasteiger partial charge in [0.25, 0.3) is 0 Å². The number of hydrogen-bond acceptors (Lipinski definition) is 3. The number of β-amino-alcohol motifs (C(OH)–C–C–N with tert-alkyl or cyclic N) is 1. The van der Waals surface area contributed by atoms with Crippen molar-refractivity contribution in [1.82, 2.24) is 4.31 Å². The molecular weight excluding hydrogens is 307 g/mol. The Morgan fingerprint density at radius 1 is 1.33 bits per heavy atom. The average Bonchev–Trinajstić information content (AvgIpc) is 2.33. The van der Waals surface area contributed by atoms with Crippen molar-refractivity contribution in [3.05, 3.63) is 29.3 Å². The Morgan fingerprint density at radius 3 is 2.38 bits per heavy atom. The van der Waals surface area contributed by atoms with Crippen molar-refractivity contribution >= 4 is 10.0 Å². The molecule has 0 aliphatic carbocycles. The van der Waals surface area contributed by atoms with Gasteiger partial charge in [0.15, 0.2) is 0 Å². The lowest BCUT2D eigenvalue weighted by Gasteiger charge is -2.45. The van der Waals surface area contributed by atoms with Crippen LogP contribution in [0.3, 0.4) is 0 Å². The van der Waals surface area contributed by atoms with Crippen LogP contribution in [0.4, 0.5) is 13.2 Å². The second kappa shape index (κ2) is 4.96. The summed E-state index contributed by atoms with van der Waals surface area (Å²) in [4.78, 5) is -0.365. The topological polar surface area (TPSA) is 57.6 Å². The number of benzene rings is 1. The van der Waals surface area contributed by atoms with Gasteiger partial charge in [-0.25, -0.2) is 8.42 Å². The third-order valence-electron chi connectivity index (χ3n) is 3.81. The first kappa shape index (κ1) is 16.3. The quantitative estimate of drug-likeness (QED) is 0.927. The molecule has 1 aromatic carbocycles. The lowest BCUT2D eigenvalue weighted by atomic mass is 9.94. The minimum absolute atomic E-state index is 0.0957. The third-order valence-corrected chi connectivity index (χ3v) is 5.74. The zero-order valence-corrected chi connectivity index (χ0v) is 12.4. The van der Waals surface area contributed by atoms with E-state index in [0.717, 1.165) is 29.4 Å². The summed E-state index contributed by atoms with van der Waals surface area (Å²) in [5.74, 6) is 0. The second-order valence-electron chi connectivity index (χ2n) is 5.28. The van der Waals surface area contributed by atoms with Gasteiger partial charge in [-0.15, -0.1) is 0 Å². The Morgan fingerprint density at radius 2 is 1.90 bits per heavy atom. The monoisotopic (exact) mass is 323 g/mol. The Hall–Kier alpha value is -1.12. The molecule has 1 N–H and O–H groups in total. The van der Waals surface area contributed by atoms with Crippen LogP contribution in [0.1, 0.15) is 24.5 Å². The molecule has 2 rings (SSSR count). The fourth-order valence-electron chi connectivity index (χ4n) is 2.34. The first-order valence-corrected chi connectivity index (χ1v) is 7.84. The maximum Gasteiger partial charge on any atom is 0.416 e. The first-order valence-electron chi connectivity index (χ1n) is 6.40. The fourth-order valence-corrected chi connectivity index (χ4v) is 4.19. The average molecular weight is 323 g/mol. The predicted molar refractivity (Wildman–Crippen MR) is 70.2 cm³/mol. The summed E-state index contributed by atoms with van der Waals surface area (Å²) in [6.45, 7) is 2.67. The van der Waals surface area contributed by atoms with Gasteiger partial charge in [0, 0.05) is 13.1 Å². The van der Waals surface area contributed by atoms with E-state index in [-0.39, 0.29) is 23.5 Å². The summed E-state index contributed by atoms with van der Waals surface area (Å²) in [7, 11) is -4.02. The minimum atomic E-state index is -4.60. The van der Waals surface area contributed by atoms with Gasteiger partial charge in [-0.1, -0.05) is 13.0 Å². The lowest BCUT2D eigenvalue weighted by Crippen LogP contribution is -2.62. The lowest BCUT2D eigenvalue weighted by molar-refractivity contribution is -0.138. The Labute approximate surface area is 121 Å². The maximum atomic E-state index is 12.8. The molecular formula is C13H16F3NO3S. The smallest absolute Gasteiger partial charge is 0.387 e. The molecule has 0 unspecified atom stereocenters. The fraction of sp³-hybridized carbons (Fsp3) is 0.538. The number of aliphatic hydroxyl groups is 1. The molecule has 1 aliphatic rings. The maximum absolute atomic E-state index is 12.8.